The van der Waals surface area contributed by atoms with E-state index in [2.05, 4.69) is 194 Å². The van der Waals surface area contributed by atoms with E-state index in [-0.39, 0.29) is 5.41 Å². The summed E-state index contributed by atoms with van der Waals surface area (Å²) in [5.74, 6) is 0.711. The predicted molar refractivity (Wildman–Crippen MR) is 241 cm³/mol. The van der Waals surface area contributed by atoms with Crippen molar-refractivity contribution in [3.63, 3.8) is 0 Å². The first-order valence-electron chi connectivity index (χ1n) is 20.0. The molecule has 0 bridgehead atoms. The van der Waals surface area contributed by atoms with Gasteiger partial charge in [-0.3, -0.25) is 0 Å². The Morgan fingerprint density at radius 1 is 0.379 bits per heavy atom. The van der Waals surface area contributed by atoms with Crippen molar-refractivity contribution in [2.45, 2.75) is 19.3 Å². The van der Waals surface area contributed by atoms with E-state index >= 15 is 0 Å². The molecule has 274 valence electrons. The van der Waals surface area contributed by atoms with Gasteiger partial charge in [0.15, 0.2) is 5.82 Å². The van der Waals surface area contributed by atoms with Gasteiger partial charge in [0, 0.05) is 38.6 Å². The predicted octanol–water partition coefficient (Wildman–Crippen LogP) is 14.2. The molecular formula is C55H39N3. The van der Waals surface area contributed by atoms with E-state index in [0.29, 0.717) is 5.82 Å². The standard InChI is InChI=1S/C55H39N3/c1-55(2)48-24-13-12-21-44(48)45-23-14-22-43(53(45)55)37-27-25-36(26-28-37)40-29-31-51-46(33-40)47-34-41(30-32-52(47)58(51)42-19-10-5-11-20-42)50-35-49(38-15-6-3-7-16-38)56-54(57-50)39-17-8-4-9-18-39/h3-35H,1-2H3. The van der Waals surface area contributed by atoms with Gasteiger partial charge < -0.3 is 4.57 Å². The lowest BCUT2D eigenvalue weighted by Crippen LogP contribution is -2.16. The fraction of sp³-hybridized carbons (Fsp3) is 0.0545. The van der Waals surface area contributed by atoms with Gasteiger partial charge in [-0.05, 0) is 87.0 Å². The van der Waals surface area contributed by atoms with Gasteiger partial charge in [0.05, 0.1) is 22.4 Å². The highest BCUT2D eigenvalue weighted by Gasteiger charge is 2.37. The van der Waals surface area contributed by atoms with Crippen LogP contribution in [0.15, 0.2) is 200 Å². The molecule has 0 radical (unpaired) electrons. The van der Waals surface area contributed by atoms with Crippen LogP contribution < -0.4 is 0 Å². The fourth-order valence-electron chi connectivity index (χ4n) is 9.22. The van der Waals surface area contributed by atoms with E-state index in [4.69, 9.17) is 9.97 Å². The Labute approximate surface area is 338 Å². The molecule has 2 aromatic heterocycles. The van der Waals surface area contributed by atoms with Crippen molar-refractivity contribution in [1.29, 1.82) is 0 Å². The summed E-state index contributed by atoms with van der Waals surface area (Å²) in [6.45, 7) is 4.72. The van der Waals surface area contributed by atoms with Crippen molar-refractivity contribution >= 4 is 21.8 Å². The van der Waals surface area contributed by atoms with Crippen LogP contribution in [0, 0.1) is 0 Å². The van der Waals surface area contributed by atoms with Gasteiger partial charge in [0.25, 0.3) is 0 Å². The number of nitrogens with zero attached hydrogens (tertiary/aromatic N) is 3. The molecule has 11 rings (SSSR count). The summed E-state index contributed by atoms with van der Waals surface area (Å²) in [6.07, 6.45) is 0. The summed E-state index contributed by atoms with van der Waals surface area (Å²) < 4.78 is 2.38. The minimum atomic E-state index is -0.0734. The summed E-state index contributed by atoms with van der Waals surface area (Å²) in [6, 6.07) is 71.8. The van der Waals surface area contributed by atoms with Crippen molar-refractivity contribution < 1.29 is 0 Å². The molecule has 0 amide bonds. The van der Waals surface area contributed by atoms with Gasteiger partial charge in [-0.15, -0.1) is 0 Å². The lowest BCUT2D eigenvalue weighted by molar-refractivity contribution is 0.662. The van der Waals surface area contributed by atoms with Crippen LogP contribution in [0.5, 0.6) is 0 Å². The maximum Gasteiger partial charge on any atom is 0.160 e. The third kappa shape index (κ3) is 5.50. The molecule has 1 aliphatic rings. The third-order valence-corrected chi connectivity index (χ3v) is 12.0. The van der Waals surface area contributed by atoms with Gasteiger partial charge in [-0.25, -0.2) is 9.97 Å². The highest BCUT2D eigenvalue weighted by Crippen LogP contribution is 2.52. The number of hydrogen-bond donors (Lipinski definition) is 0. The minimum Gasteiger partial charge on any atom is -0.309 e. The molecule has 0 fully saturated rings. The first-order chi connectivity index (χ1) is 28.5. The van der Waals surface area contributed by atoms with E-state index in [0.717, 1.165) is 44.8 Å². The molecule has 0 saturated heterocycles. The van der Waals surface area contributed by atoms with E-state index in [1.807, 2.05) is 24.3 Å². The number of hydrogen-bond acceptors (Lipinski definition) is 2. The third-order valence-electron chi connectivity index (χ3n) is 12.0. The van der Waals surface area contributed by atoms with E-state index < -0.39 is 0 Å². The maximum atomic E-state index is 5.17. The van der Waals surface area contributed by atoms with Crippen LogP contribution in [-0.2, 0) is 5.41 Å². The molecule has 58 heavy (non-hydrogen) atoms. The van der Waals surface area contributed by atoms with Crippen LogP contribution in [0.1, 0.15) is 25.0 Å². The molecule has 3 heteroatoms. The zero-order valence-electron chi connectivity index (χ0n) is 32.4. The van der Waals surface area contributed by atoms with Crippen molar-refractivity contribution in [2.24, 2.45) is 0 Å². The molecule has 8 aromatic carbocycles. The summed E-state index contributed by atoms with van der Waals surface area (Å²) >= 11 is 0. The second kappa shape index (κ2) is 13.4. The Hall–Kier alpha value is -7.36. The normalized spacial score (nSPS) is 12.8. The molecular weight excluding hydrogens is 703 g/mol. The fourth-order valence-corrected chi connectivity index (χ4v) is 9.22. The second-order valence-electron chi connectivity index (χ2n) is 15.8. The lowest BCUT2D eigenvalue weighted by Gasteiger charge is -2.24. The molecule has 0 unspecified atom stereocenters. The summed E-state index contributed by atoms with van der Waals surface area (Å²) in [7, 11) is 0. The van der Waals surface area contributed by atoms with Crippen molar-refractivity contribution in [2.75, 3.05) is 0 Å². The summed E-state index contributed by atoms with van der Waals surface area (Å²) in [5, 5.41) is 2.38. The maximum absolute atomic E-state index is 5.17. The average molecular weight is 742 g/mol. The molecule has 0 saturated carbocycles. The first-order valence-corrected chi connectivity index (χ1v) is 20.0. The van der Waals surface area contributed by atoms with Crippen molar-refractivity contribution in [3.05, 3.63) is 211 Å². The van der Waals surface area contributed by atoms with Crippen LogP contribution in [0.3, 0.4) is 0 Å². The molecule has 0 atom stereocenters. The Bertz CT molecular complexity index is 3100. The molecule has 2 heterocycles. The first kappa shape index (κ1) is 33.9. The topological polar surface area (TPSA) is 30.7 Å². The smallest absolute Gasteiger partial charge is 0.160 e. The van der Waals surface area contributed by atoms with E-state index in [1.54, 1.807) is 0 Å². The van der Waals surface area contributed by atoms with Gasteiger partial charge in [-0.1, -0.05) is 172 Å². The molecule has 3 nitrogen and oxygen atoms in total. The van der Waals surface area contributed by atoms with E-state index in [9.17, 15) is 0 Å². The van der Waals surface area contributed by atoms with Crippen LogP contribution in [-0.4, -0.2) is 14.5 Å². The van der Waals surface area contributed by atoms with Gasteiger partial charge in [0.1, 0.15) is 0 Å². The van der Waals surface area contributed by atoms with Gasteiger partial charge in [0.2, 0.25) is 0 Å². The molecule has 10 aromatic rings. The highest BCUT2D eigenvalue weighted by atomic mass is 15.0. The van der Waals surface area contributed by atoms with Crippen molar-refractivity contribution in [1.82, 2.24) is 14.5 Å². The van der Waals surface area contributed by atoms with Crippen LogP contribution in [0.4, 0.5) is 0 Å². The lowest BCUT2D eigenvalue weighted by atomic mass is 9.79. The minimum absolute atomic E-state index is 0.0734. The summed E-state index contributed by atoms with van der Waals surface area (Å²) in [4.78, 5) is 10.2. The quantitative estimate of drug-likeness (QED) is 0.170. The van der Waals surface area contributed by atoms with Crippen molar-refractivity contribution in [3.8, 4) is 73.0 Å². The zero-order valence-corrected chi connectivity index (χ0v) is 32.4. The second-order valence-corrected chi connectivity index (χ2v) is 15.8. The highest BCUT2D eigenvalue weighted by molar-refractivity contribution is 6.11. The Morgan fingerprint density at radius 2 is 0.897 bits per heavy atom. The number of benzene rings is 8. The summed E-state index contributed by atoms with van der Waals surface area (Å²) in [5.41, 5.74) is 18.7. The number of fused-ring (bicyclic) bond motifs is 6. The molecule has 0 spiro atoms. The Morgan fingerprint density at radius 3 is 1.60 bits per heavy atom. The average Bonchev–Trinajstić information content (AvgIpc) is 3.74. The Kier molecular flexibility index (Phi) is 7.84. The van der Waals surface area contributed by atoms with Crippen LogP contribution in [0.2, 0.25) is 0 Å². The molecule has 1 aliphatic carbocycles. The monoisotopic (exact) mass is 741 g/mol. The number of aromatic nitrogens is 3. The van der Waals surface area contributed by atoms with Crippen LogP contribution in [0.25, 0.3) is 94.8 Å². The molecule has 0 N–H and O–H groups in total. The number of para-hydroxylation sites is 1. The van der Waals surface area contributed by atoms with E-state index in [1.165, 1.54) is 55.3 Å². The van der Waals surface area contributed by atoms with Crippen LogP contribution >= 0.6 is 0 Å². The largest absolute Gasteiger partial charge is 0.309 e. The zero-order chi connectivity index (χ0) is 38.8. The molecule has 0 aliphatic heterocycles. The van der Waals surface area contributed by atoms with Gasteiger partial charge in [-0.2, -0.15) is 0 Å². The number of rotatable bonds is 6. The Balaban J connectivity index is 1.05. The van der Waals surface area contributed by atoms with Gasteiger partial charge >= 0.3 is 0 Å². The SMILES string of the molecule is CC1(C)c2ccccc2-c2cccc(-c3ccc(-c4ccc5c(c4)c4cc(-c6cc(-c7ccccc7)nc(-c7ccccc7)n6)ccc4n5-c4ccccc4)cc3)c21.